The fourth-order valence-corrected chi connectivity index (χ4v) is 2.77. The fraction of sp³-hybridized carbons (Fsp3) is 0.200. The fourth-order valence-electron chi connectivity index (χ4n) is 1.45. The molecule has 0 fully saturated rings. The minimum absolute atomic E-state index is 0.324. The lowest BCUT2D eigenvalue weighted by Crippen LogP contribution is -2.00. The van der Waals surface area contributed by atoms with Gasteiger partial charge in [0.1, 0.15) is 0 Å². The lowest BCUT2D eigenvalue weighted by molar-refractivity contribution is 0.270. The summed E-state index contributed by atoms with van der Waals surface area (Å²) in [5.41, 5.74) is 0.762. The van der Waals surface area contributed by atoms with Gasteiger partial charge in [0.2, 0.25) is 0 Å². The molecule has 0 radical (unpaired) electrons. The van der Waals surface area contributed by atoms with Crippen molar-refractivity contribution in [3.8, 4) is 0 Å². The minimum Gasteiger partial charge on any atom is -0.321 e. The van der Waals surface area contributed by atoms with Crippen LogP contribution in [0.3, 0.4) is 0 Å². The monoisotopic (exact) mass is 210 g/mol. The van der Waals surface area contributed by atoms with E-state index in [2.05, 4.69) is 0 Å². The Labute approximate surface area is 82.6 Å². The van der Waals surface area contributed by atoms with Crippen molar-refractivity contribution in [1.29, 1.82) is 0 Å². The molecule has 0 bridgehead atoms. The Balaban J connectivity index is 2.43. The largest absolute Gasteiger partial charge is 0.359 e. The second kappa shape index (κ2) is 3.70. The summed E-state index contributed by atoms with van der Waals surface area (Å²) in [4.78, 5) is 9.55. The van der Waals surface area contributed by atoms with Crippen LogP contribution < -0.4 is 0 Å². The van der Waals surface area contributed by atoms with Gasteiger partial charge in [0.15, 0.2) is 0 Å². The maximum Gasteiger partial charge on any atom is 0.359 e. The van der Waals surface area contributed by atoms with Crippen molar-refractivity contribution in [2.24, 2.45) is 0 Å². The maximum absolute atomic E-state index is 11.6. The Morgan fingerprint density at radius 1 is 1.29 bits per heavy atom. The van der Waals surface area contributed by atoms with Gasteiger partial charge < -0.3 is 9.42 Å². The number of hydrogen-bond acceptors (Lipinski definition) is 2. The van der Waals surface area contributed by atoms with Crippen molar-refractivity contribution in [3.63, 3.8) is 0 Å². The molecule has 0 saturated heterocycles. The third kappa shape index (κ3) is 1.80. The topological polar surface area (TPSA) is 46.5 Å². The Hall–Kier alpha value is -0.890. The van der Waals surface area contributed by atoms with E-state index < -0.39 is 7.60 Å². The average molecular weight is 210 g/mol. The first-order valence-electron chi connectivity index (χ1n) is 4.44. The molecule has 0 aromatic heterocycles. The second-order valence-corrected chi connectivity index (χ2v) is 4.88. The van der Waals surface area contributed by atoms with Gasteiger partial charge in [-0.2, -0.15) is 0 Å². The smallest absolute Gasteiger partial charge is 0.321 e. The third-order valence-electron chi connectivity index (χ3n) is 2.10. The van der Waals surface area contributed by atoms with Crippen LogP contribution in [-0.2, 0) is 9.09 Å². The molecule has 1 aliphatic heterocycles. The Morgan fingerprint density at radius 3 is 2.64 bits per heavy atom. The van der Waals surface area contributed by atoms with E-state index in [1.165, 1.54) is 0 Å². The molecule has 4 heteroatoms. The zero-order valence-corrected chi connectivity index (χ0v) is 8.48. The SMILES string of the molecule is O=P1(O)OCCC=C1c1ccccc1. The van der Waals surface area contributed by atoms with Gasteiger partial charge in [-0.15, -0.1) is 0 Å². The summed E-state index contributed by atoms with van der Waals surface area (Å²) in [5.74, 6) is 0. The van der Waals surface area contributed by atoms with E-state index in [4.69, 9.17) is 4.52 Å². The summed E-state index contributed by atoms with van der Waals surface area (Å²) < 4.78 is 16.5. The normalized spacial score (nSPS) is 27.1. The highest BCUT2D eigenvalue weighted by Gasteiger charge is 2.29. The van der Waals surface area contributed by atoms with E-state index in [1.54, 1.807) is 6.08 Å². The summed E-state index contributed by atoms with van der Waals surface area (Å²) in [6, 6.07) is 9.17. The zero-order chi connectivity index (χ0) is 10.0. The summed E-state index contributed by atoms with van der Waals surface area (Å²) in [6.07, 6.45) is 2.47. The Bertz CT molecular complexity index is 397. The lowest BCUT2D eigenvalue weighted by Gasteiger charge is -2.19. The predicted octanol–water partition coefficient (Wildman–Crippen LogP) is 2.63. The van der Waals surface area contributed by atoms with Crippen LogP contribution >= 0.6 is 7.60 Å². The number of rotatable bonds is 1. The summed E-state index contributed by atoms with van der Waals surface area (Å²) in [6.45, 7) is 0.324. The van der Waals surface area contributed by atoms with Crippen LogP contribution in [-0.4, -0.2) is 11.5 Å². The molecule has 1 N–H and O–H groups in total. The van der Waals surface area contributed by atoms with Gasteiger partial charge in [0.05, 0.1) is 11.9 Å². The van der Waals surface area contributed by atoms with Crippen LogP contribution in [0.5, 0.6) is 0 Å². The van der Waals surface area contributed by atoms with Crippen LogP contribution in [0.1, 0.15) is 12.0 Å². The average Bonchev–Trinajstić information content (AvgIpc) is 2.18. The molecule has 2 rings (SSSR count). The first-order valence-corrected chi connectivity index (χ1v) is 6.01. The molecular weight excluding hydrogens is 199 g/mol. The molecule has 1 aromatic carbocycles. The zero-order valence-electron chi connectivity index (χ0n) is 7.59. The van der Waals surface area contributed by atoms with Gasteiger partial charge in [0.25, 0.3) is 0 Å². The van der Waals surface area contributed by atoms with Crippen LogP contribution in [0, 0.1) is 0 Å². The molecule has 0 saturated carbocycles. The summed E-state index contributed by atoms with van der Waals surface area (Å²) in [7, 11) is -3.56. The van der Waals surface area contributed by atoms with Crippen LogP contribution in [0.15, 0.2) is 36.4 Å². The molecule has 1 heterocycles. The van der Waals surface area contributed by atoms with Crippen LogP contribution in [0.4, 0.5) is 0 Å². The first kappa shape index (κ1) is 9.66. The van der Waals surface area contributed by atoms with Crippen molar-refractivity contribution in [1.82, 2.24) is 0 Å². The quantitative estimate of drug-likeness (QED) is 0.725. The van der Waals surface area contributed by atoms with Gasteiger partial charge in [-0.3, -0.25) is 4.57 Å². The van der Waals surface area contributed by atoms with Crippen LogP contribution in [0.25, 0.3) is 5.31 Å². The van der Waals surface area contributed by atoms with Gasteiger partial charge in [-0.25, -0.2) is 0 Å². The number of hydrogen-bond donors (Lipinski definition) is 1. The minimum atomic E-state index is -3.56. The Morgan fingerprint density at radius 2 is 2.00 bits per heavy atom. The summed E-state index contributed by atoms with van der Waals surface area (Å²) in [5, 5.41) is 0.421. The third-order valence-corrected chi connectivity index (χ3v) is 3.68. The van der Waals surface area contributed by atoms with Crippen molar-refractivity contribution in [2.45, 2.75) is 6.42 Å². The van der Waals surface area contributed by atoms with Crippen molar-refractivity contribution >= 4 is 12.9 Å². The highest BCUT2D eigenvalue weighted by molar-refractivity contribution is 7.64. The molecule has 14 heavy (non-hydrogen) atoms. The van der Waals surface area contributed by atoms with Crippen molar-refractivity contribution < 1.29 is 14.0 Å². The second-order valence-electron chi connectivity index (χ2n) is 3.10. The first-order chi connectivity index (χ1) is 6.70. The molecular formula is C10H11O3P. The van der Waals surface area contributed by atoms with Crippen LogP contribution in [0.2, 0.25) is 0 Å². The molecule has 1 aliphatic rings. The van der Waals surface area contributed by atoms with Gasteiger partial charge >= 0.3 is 7.60 Å². The van der Waals surface area contributed by atoms with Crippen molar-refractivity contribution in [3.05, 3.63) is 42.0 Å². The van der Waals surface area contributed by atoms with Gasteiger partial charge in [-0.1, -0.05) is 36.4 Å². The lowest BCUT2D eigenvalue weighted by atomic mass is 10.2. The van der Waals surface area contributed by atoms with Gasteiger partial charge in [0, 0.05) is 0 Å². The van der Waals surface area contributed by atoms with E-state index in [1.807, 2.05) is 30.3 Å². The molecule has 0 amide bonds. The van der Waals surface area contributed by atoms with E-state index in [-0.39, 0.29) is 0 Å². The molecule has 1 unspecified atom stereocenters. The van der Waals surface area contributed by atoms with Crippen molar-refractivity contribution in [2.75, 3.05) is 6.61 Å². The molecule has 1 atom stereocenters. The Kier molecular flexibility index (Phi) is 2.55. The predicted molar refractivity (Wildman–Crippen MR) is 54.8 cm³/mol. The highest BCUT2D eigenvalue weighted by Crippen LogP contribution is 2.57. The molecule has 0 spiro atoms. The molecule has 0 aliphatic carbocycles. The van der Waals surface area contributed by atoms with E-state index in [0.29, 0.717) is 18.3 Å². The summed E-state index contributed by atoms with van der Waals surface area (Å²) >= 11 is 0. The van der Waals surface area contributed by atoms with E-state index in [0.717, 1.165) is 5.56 Å². The van der Waals surface area contributed by atoms with Gasteiger partial charge in [-0.05, 0) is 12.0 Å². The van der Waals surface area contributed by atoms with E-state index in [9.17, 15) is 9.46 Å². The maximum atomic E-state index is 11.6. The standard InChI is InChI=1S/C10H11O3P/c11-14(12)10(7-4-8-13-14)9-5-2-1-3-6-9/h1-3,5-7H,4,8H2,(H,11,12). The molecule has 3 nitrogen and oxygen atoms in total. The van der Waals surface area contributed by atoms with E-state index >= 15 is 0 Å². The molecule has 1 aromatic rings. The highest BCUT2D eigenvalue weighted by atomic mass is 31.2. The number of benzene rings is 1. The molecule has 74 valence electrons.